The molecule has 0 saturated heterocycles. The first kappa shape index (κ1) is 20.7. The van der Waals surface area contributed by atoms with E-state index in [1.54, 1.807) is 11.1 Å². The number of rotatable bonds is 5. The molecule has 2 aromatic carbocycles. The number of amides is 1. The number of benzene rings is 2. The molecule has 1 aromatic heterocycles. The van der Waals surface area contributed by atoms with Crippen molar-refractivity contribution in [2.75, 3.05) is 11.4 Å². The van der Waals surface area contributed by atoms with E-state index < -0.39 is 0 Å². The highest BCUT2D eigenvalue weighted by atomic mass is 79.9. The van der Waals surface area contributed by atoms with Crippen molar-refractivity contribution in [2.45, 2.75) is 45.1 Å². The van der Waals surface area contributed by atoms with Gasteiger partial charge in [0.25, 0.3) is 0 Å². The molecule has 30 heavy (non-hydrogen) atoms. The summed E-state index contributed by atoms with van der Waals surface area (Å²) in [5.74, 6) is 0.519. The third-order valence-corrected chi connectivity index (χ3v) is 6.08. The number of hydrogen-bond acceptors (Lipinski definition) is 3. The van der Waals surface area contributed by atoms with Crippen LogP contribution in [0.2, 0.25) is 0 Å². The number of carbonyl (C=O) groups is 1. The zero-order chi connectivity index (χ0) is 20.9. The Morgan fingerprint density at radius 3 is 2.27 bits per heavy atom. The van der Waals surface area contributed by atoms with Crippen LogP contribution in [0.15, 0.2) is 59.2 Å². The van der Waals surface area contributed by atoms with Crippen LogP contribution in [-0.2, 0) is 4.74 Å². The molecule has 0 aliphatic heterocycles. The number of ether oxygens (including phenoxy) is 1. The molecule has 1 saturated carbocycles. The predicted octanol–water partition coefficient (Wildman–Crippen LogP) is 6.80. The summed E-state index contributed by atoms with van der Waals surface area (Å²) >= 11 is 3.47. The van der Waals surface area contributed by atoms with Crippen molar-refractivity contribution in [3.63, 3.8) is 0 Å². The van der Waals surface area contributed by atoms with Crippen LogP contribution in [0.1, 0.15) is 39.0 Å². The fourth-order valence-corrected chi connectivity index (χ4v) is 4.10. The molecule has 4 rings (SSSR count). The lowest BCUT2D eigenvalue weighted by Gasteiger charge is -2.25. The van der Waals surface area contributed by atoms with Gasteiger partial charge in [0.05, 0.1) is 11.9 Å². The summed E-state index contributed by atoms with van der Waals surface area (Å²) in [5, 5.41) is 0. The quantitative estimate of drug-likeness (QED) is 0.448. The molecule has 0 bridgehead atoms. The predicted molar refractivity (Wildman–Crippen MR) is 124 cm³/mol. The van der Waals surface area contributed by atoms with E-state index in [1.165, 1.54) is 6.42 Å². The lowest BCUT2D eigenvalue weighted by atomic mass is 9.98. The minimum absolute atomic E-state index is 0.0286. The number of H-pyrrole nitrogens is 1. The molecule has 156 valence electrons. The van der Waals surface area contributed by atoms with Crippen molar-refractivity contribution in [3.8, 4) is 22.4 Å². The molecule has 0 unspecified atom stereocenters. The van der Waals surface area contributed by atoms with Crippen molar-refractivity contribution in [1.82, 2.24) is 9.97 Å². The highest BCUT2D eigenvalue weighted by Crippen LogP contribution is 2.27. The van der Waals surface area contributed by atoms with Crippen LogP contribution in [0.4, 0.5) is 10.7 Å². The number of aromatic amines is 1. The summed E-state index contributed by atoms with van der Waals surface area (Å²) in [6.45, 7) is 2.43. The largest absolute Gasteiger partial charge is 0.446 e. The normalized spacial score (nSPS) is 14.5. The average Bonchev–Trinajstić information content (AvgIpc) is 3.25. The van der Waals surface area contributed by atoms with Crippen molar-refractivity contribution in [2.24, 2.45) is 0 Å². The molecule has 1 aliphatic rings. The minimum Gasteiger partial charge on any atom is -0.446 e. The minimum atomic E-state index is -0.323. The third-order valence-electron chi connectivity index (χ3n) is 5.55. The maximum absolute atomic E-state index is 12.7. The molecule has 1 amide bonds. The van der Waals surface area contributed by atoms with Crippen LogP contribution in [-0.4, -0.2) is 28.7 Å². The van der Waals surface area contributed by atoms with Gasteiger partial charge < -0.3 is 9.72 Å². The maximum Gasteiger partial charge on any atom is 0.416 e. The zero-order valence-corrected chi connectivity index (χ0v) is 18.7. The highest BCUT2D eigenvalue weighted by molar-refractivity contribution is 9.10. The highest BCUT2D eigenvalue weighted by Gasteiger charge is 2.24. The van der Waals surface area contributed by atoms with E-state index in [4.69, 9.17) is 4.74 Å². The van der Waals surface area contributed by atoms with Crippen LogP contribution in [0.5, 0.6) is 0 Å². The Bertz CT molecular complexity index is 976. The number of aromatic nitrogens is 2. The fraction of sp³-hybridized carbons (Fsp3) is 0.333. The Morgan fingerprint density at radius 1 is 1.03 bits per heavy atom. The monoisotopic (exact) mass is 467 g/mol. The first-order valence-electron chi connectivity index (χ1n) is 10.5. The number of hydrogen-bond donors (Lipinski definition) is 1. The van der Waals surface area contributed by atoms with E-state index in [0.717, 1.165) is 52.5 Å². The summed E-state index contributed by atoms with van der Waals surface area (Å²) in [4.78, 5) is 21.9. The van der Waals surface area contributed by atoms with Gasteiger partial charge in [0.2, 0.25) is 5.95 Å². The zero-order valence-electron chi connectivity index (χ0n) is 17.1. The van der Waals surface area contributed by atoms with Gasteiger partial charge in [0.15, 0.2) is 0 Å². The maximum atomic E-state index is 12.7. The van der Waals surface area contributed by atoms with E-state index in [2.05, 4.69) is 62.3 Å². The van der Waals surface area contributed by atoms with Gasteiger partial charge in [0.1, 0.15) is 6.10 Å². The topological polar surface area (TPSA) is 58.2 Å². The number of anilines is 1. The number of nitrogens with one attached hydrogen (secondary N) is 1. The molecule has 5 nitrogen and oxygen atoms in total. The van der Waals surface area contributed by atoms with E-state index >= 15 is 0 Å². The smallest absolute Gasteiger partial charge is 0.416 e. The molecule has 1 fully saturated rings. The van der Waals surface area contributed by atoms with Gasteiger partial charge in [-0.15, -0.1) is 0 Å². The van der Waals surface area contributed by atoms with Crippen molar-refractivity contribution >= 4 is 28.0 Å². The molecule has 1 N–H and O–H groups in total. The lowest BCUT2D eigenvalue weighted by Crippen LogP contribution is -2.35. The molecule has 0 atom stereocenters. The molecule has 6 heteroatoms. The van der Waals surface area contributed by atoms with Crippen molar-refractivity contribution < 1.29 is 9.53 Å². The molecule has 0 spiro atoms. The summed E-state index contributed by atoms with van der Waals surface area (Å²) in [6, 6.07) is 16.6. The molecule has 1 aliphatic carbocycles. The second kappa shape index (κ2) is 9.47. The van der Waals surface area contributed by atoms with E-state index in [-0.39, 0.29) is 12.2 Å². The Kier molecular flexibility index (Phi) is 6.53. The Labute approximate surface area is 185 Å². The van der Waals surface area contributed by atoms with Crippen LogP contribution in [0.3, 0.4) is 0 Å². The molecular weight excluding hydrogens is 442 g/mol. The number of halogens is 1. The summed E-state index contributed by atoms with van der Waals surface area (Å²) in [6.07, 6.45) is 6.87. The van der Waals surface area contributed by atoms with Gasteiger partial charge >= 0.3 is 6.09 Å². The summed E-state index contributed by atoms with van der Waals surface area (Å²) < 4.78 is 6.78. The van der Waals surface area contributed by atoms with Gasteiger partial charge in [-0.25, -0.2) is 14.7 Å². The lowest BCUT2D eigenvalue weighted by molar-refractivity contribution is 0.0808. The van der Waals surface area contributed by atoms with Gasteiger partial charge in [-0.1, -0.05) is 58.7 Å². The van der Waals surface area contributed by atoms with E-state index in [1.807, 2.05) is 19.1 Å². The van der Waals surface area contributed by atoms with E-state index in [0.29, 0.717) is 12.5 Å². The Hall–Kier alpha value is -2.60. The second-order valence-electron chi connectivity index (χ2n) is 7.59. The SMILES string of the molecule is CCN(C(=O)OC1CCCCC1)c1ncc(-c2ccc(-c3ccc(Br)cc3)cc2)[nH]1. The van der Waals surface area contributed by atoms with Gasteiger partial charge in [-0.3, -0.25) is 0 Å². The van der Waals surface area contributed by atoms with Gasteiger partial charge in [-0.05, 0) is 61.4 Å². The Balaban J connectivity index is 1.46. The average molecular weight is 468 g/mol. The van der Waals surface area contributed by atoms with Gasteiger partial charge in [0, 0.05) is 11.0 Å². The first-order valence-corrected chi connectivity index (χ1v) is 11.3. The summed E-state index contributed by atoms with van der Waals surface area (Å²) in [5.41, 5.74) is 4.21. The van der Waals surface area contributed by atoms with E-state index in [9.17, 15) is 4.79 Å². The fourth-order valence-electron chi connectivity index (χ4n) is 3.83. The van der Waals surface area contributed by atoms with Crippen LogP contribution in [0.25, 0.3) is 22.4 Å². The number of imidazole rings is 1. The summed E-state index contributed by atoms with van der Waals surface area (Å²) in [7, 11) is 0. The Morgan fingerprint density at radius 2 is 1.63 bits per heavy atom. The van der Waals surface area contributed by atoms with Crippen LogP contribution < -0.4 is 4.90 Å². The van der Waals surface area contributed by atoms with Crippen LogP contribution in [0, 0.1) is 0 Å². The number of carbonyl (C=O) groups excluding carboxylic acids is 1. The molecule has 3 aromatic rings. The molecular formula is C24H26BrN3O2. The first-order chi connectivity index (χ1) is 14.6. The van der Waals surface area contributed by atoms with Crippen LogP contribution >= 0.6 is 15.9 Å². The van der Waals surface area contributed by atoms with Crippen molar-refractivity contribution in [3.05, 3.63) is 59.2 Å². The second-order valence-corrected chi connectivity index (χ2v) is 8.51. The van der Waals surface area contributed by atoms with Crippen molar-refractivity contribution in [1.29, 1.82) is 0 Å². The molecule has 0 radical (unpaired) electrons. The standard InChI is InChI=1S/C24H26BrN3O2/c1-2-28(24(29)30-21-6-4-3-5-7-21)23-26-16-22(27-23)19-10-8-17(9-11-19)18-12-14-20(25)15-13-18/h8-16,21H,2-7H2,1H3,(H,26,27). The van der Waals surface area contributed by atoms with Gasteiger partial charge in [-0.2, -0.15) is 0 Å². The molecule has 1 heterocycles. The number of nitrogens with zero attached hydrogens (tertiary/aromatic N) is 2. The third kappa shape index (κ3) is 4.75.